The molecule has 0 radical (unpaired) electrons. The van der Waals surface area contributed by atoms with Crippen LogP contribution in [-0.4, -0.2) is 19.5 Å². The molecular weight excluding hydrogens is 392 g/mol. The van der Waals surface area contributed by atoms with Crippen molar-refractivity contribution in [3.05, 3.63) is 93.5 Å². The second-order valence-electron chi connectivity index (χ2n) is 6.20. The van der Waals surface area contributed by atoms with Crippen molar-refractivity contribution in [1.29, 1.82) is 0 Å². The Morgan fingerprint density at radius 3 is 2.54 bits per heavy atom. The highest BCUT2D eigenvalue weighted by Gasteiger charge is 2.14. The number of halogens is 1. The van der Waals surface area contributed by atoms with E-state index in [1.165, 1.54) is 18.0 Å². The minimum absolute atomic E-state index is 0.171. The maximum atomic E-state index is 13.0. The molecule has 0 aliphatic heterocycles. The maximum Gasteiger partial charge on any atom is 0.282 e. The lowest BCUT2D eigenvalue weighted by Gasteiger charge is -2.13. The van der Waals surface area contributed by atoms with Gasteiger partial charge in [0.2, 0.25) is 0 Å². The van der Waals surface area contributed by atoms with Gasteiger partial charge in [-0.15, -0.1) is 0 Å². The molecule has 140 valence electrons. The number of fused-ring (bicyclic) bond motifs is 1. The Morgan fingerprint density at radius 2 is 1.71 bits per heavy atom. The molecule has 2 aromatic heterocycles. The predicted octanol–water partition coefficient (Wildman–Crippen LogP) is 4.37. The van der Waals surface area contributed by atoms with E-state index < -0.39 is 0 Å². The number of thioether (sulfide) groups is 1. The number of benzene rings is 2. The average molecular weight is 409 g/mol. The van der Waals surface area contributed by atoms with Gasteiger partial charge in [-0.05, 0) is 23.6 Å². The van der Waals surface area contributed by atoms with E-state index in [1.807, 2.05) is 42.5 Å². The van der Waals surface area contributed by atoms with Gasteiger partial charge in [0, 0.05) is 29.7 Å². The molecule has 4 aromatic rings. The smallest absolute Gasteiger partial charge is 0.282 e. The standard InChI is InChI=1S/C21H17ClN4OS/c22-17-9-5-4-8-16(17)14-28-21-25-19-18(23-11-12-24-19)20(27)26(21)13-10-15-6-2-1-3-7-15/h1-9,11-12H,10,13-14H2. The van der Waals surface area contributed by atoms with Crippen LogP contribution in [0, 0.1) is 0 Å². The van der Waals surface area contributed by atoms with Crippen molar-refractivity contribution >= 4 is 34.5 Å². The first-order valence-corrected chi connectivity index (χ1v) is 10.2. The van der Waals surface area contributed by atoms with E-state index in [1.54, 1.807) is 10.8 Å². The molecule has 0 unspecified atom stereocenters. The SMILES string of the molecule is O=c1c2nccnc2nc(SCc2ccccc2Cl)n1CCc1ccccc1. The van der Waals surface area contributed by atoms with Gasteiger partial charge in [-0.3, -0.25) is 9.36 Å². The Balaban J connectivity index is 1.68. The Labute approximate surface area is 171 Å². The Morgan fingerprint density at radius 1 is 0.964 bits per heavy atom. The Hall–Kier alpha value is -2.70. The van der Waals surface area contributed by atoms with Gasteiger partial charge in [0.25, 0.3) is 5.56 Å². The fourth-order valence-corrected chi connectivity index (χ4v) is 4.18. The van der Waals surface area contributed by atoms with Crippen LogP contribution in [0.5, 0.6) is 0 Å². The molecule has 0 atom stereocenters. The number of hydrogen-bond donors (Lipinski definition) is 0. The van der Waals surface area contributed by atoms with Crippen LogP contribution in [0.1, 0.15) is 11.1 Å². The van der Waals surface area contributed by atoms with E-state index in [2.05, 4.69) is 27.1 Å². The lowest BCUT2D eigenvalue weighted by Crippen LogP contribution is -2.25. The summed E-state index contributed by atoms with van der Waals surface area (Å²) in [5.41, 5.74) is 2.64. The summed E-state index contributed by atoms with van der Waals surface area (Å²) in [5, 5.41) is 1.32. The molecule has 0 amide bonds. The van der Waals surface area contributed by atoms with Gasteiger partial charge in [0.15, 0.2) is 16.3 Å². The van der Waals surface area contributed by atoms with Gasteiger partial charge in [-0.25, -0.2) is 15.0 Å². The number of aryl methyl sites for hydroxylation is 1. The Bertz CT molecular complexity index is 1160. The second kappa shape index (κ2) is 8.54. The third-order valence-electron chi connectivity index (χ3n) is 4.34. The molecule has 0 spiro atoms. The fourth-order valence-electron chi connectivity index (χ4n) is 2.88. The van der Waals surface area contributed by atoms with Crippen LogP contribution in [-0.2, 0) is 18.7 Å². The number of rotatable bonds is 6. The van der Waals surface area contributed by atoms with E-state index in [4.69, 9.17) is 11.6 Å². The van der Waals surface area contributed by atoms with Crippen molar-refractivity contribution in [1.82, 2.24) is 19.5 Å². The molecule has 0 saturated carbocycles. The van der Waals surface area contributed by atoms with E-state index in [-0.39, 0.29) is 11.1 Å². The van der Waals surface area contributed by atoms with Gasteiger partial charge in [-0.2, -0.15) is 0 Å². The van der Waals surface area contributed by atoms with Crippen LogP contribution in [0.15, 0.2) is 76.9 Å². The summed E-state index contributed by atoms with van der Waals surface area (Å²) in [4.78, 5) is 26.0. The molecule has 2 heterocycles. The summed E-state index contributed by atoms with van der Waals surface area (Å²) in [6.07, 6.45) is 3.79. The lowest BCUT2D eigenvalue weighted by atomic mass is 10.1. The normalized spacial score (nSPS) is 11.0. The van der Waals surface area contributed by atoms with E-state index in [9.17, 15) is 4.79 Å². The van der Waals surface area contributed by atoms with Gasteiger partial charge in [0.1, 0.15) is 0 Å². The van der Waals surface area contributed by atoms with Gasteiger partial charge in [-0.1, -0.05) is 71.9 Å². The molecule has 4 rings (SSSR count). The number of hydrogen-bond acceptors (Lipinski definition) is 5. The van der Waals surface area contributed by atoms with Crippen LogP contribution in [0.4, 0.5) is 0 Å². The first kappa shape index (κ1) is 18.7. The van der Waals surface area contributed by atoms with Crippen LogP contribution in [0.3, 0.4) is 0 Å². The number of nitrogens with zero attached hydrogens (tertiary/aromatic N) is 4. The maximum absolute atomic E-state index is 13.0. The molecule has 7 heteroatoms. The third-order valence-corrected chi connectivity index (χ3v) is 5.73. The molecule has 0 N–H and O–H groups in total. The first-order chi connectivity index (χ1) is 13.7. The molecule has 0 fully saturated rings. The summed E-state index contributed by atoms with van der Waals surface area (Å²) >= 11 is 7.75. The topological polar surface area (TPSA) is 60.7 Å². The summed E-state index contributed by atoms with van der Waals surface area (Å²) in [7, 11) is 0. The predicted molar refractivity (Wildman–Crippen MR) is 113 cm³/mol. The lowest BCUT2D eigenvalue weighted by molar-refractivity contribution is 0.593. The molecule has 2 aromatic carbocycles. The van der Waals surface area contributed by atoms with Gasteiger partial charge < -0.3 is 0 Å². The zero-order chi connectivity index (χ0) is 19.3. The molecule has 28 heavy (non-hydrogen) atoms. The van der Waals surface area contributed by atoms with Crippen molar-refractivity contribution in [3.8, 4) is 0 Å². The van der Waals surface area contributed by atoms with Crippen LogP contribution >= 0.6 is 23.4 Å². The summed E-state index contributed by atoms with van der Waals surface area (Å²) in [6.45, 7) is 0.521. The quantitative estimate of drug-likeness (QED) is 0.350. The summed E-state index contributed by atoms with van der Waals surface area (Å²) < 4.78 is 1.69. The van der Waals surface area contributed by atoms with Crippen molar-refractivity contribution in [2.45, 2.75) is 23.9 Å². The third kappa shape index (κ3) is 4.08. The first-order valence-electron chi connectivity index (χ1n) is 8.84. The highest BCUT2D eigenvalue weighted by molar-refractivity contribution is 7.98. The Kier molecular flexibility index (Phi) is 5.69. The van der Waals surface area contributed by atoms with E-state index in [0.717, 1.165) is 17.5 Å². The minimum Gasteiger partial charge on any atom is -0.285 e. The second-order valence-corrected chi connectivity index (χ2v) is 7.55. The summed E-state index contributed by atoms with van der Waals surface area (Å²) in [6, 6.07) is 17.8. The highest BCUT2D eigenvalue weighted by Crippen LogP contribution is 2.25. The van der Waals surface area contributed by atoms with Gasteiger partial charge in [0.05, 0.1) is 0 Å². The molecule has 0 aliphatic rings. The monoisotopic (exact) mass is 408 g/mol. The summed E-state index contributed by atoms with van der Waals surface area (Å²) in [5.74, 6) is 0.614. The molecular formula is C21H17ClN4OS. The fraction of sp³-hybridized carbons (Fsp3) is 0.143. The average Bonchev–Trinajstić information content (AvgIpc) is 2.73. The zero-order valence-electron chi connectivity index (χ0n) is 15.0. The molecule has 0 saturated heterocycles. The minimum atomic E-state index is -0.171. The zero-order valence-corrected chi connectivity index (χ0v) is 16.5. The van der Waals surface area contributed by atoms with E-state index >= 15 is 0 Å². The van der Waals surface area contributed by atoms with Crippen LogP contribution in [0.25, 0.3) is 11.2 Å². The van der Waals surface area contributed by atoms with Crippen molar-refractivity contribution in [3.63, 3.8) is 0 Å². The van der Waals surface area contributed by atoms with Crippen molar-refractivity contribution < 1.29 is 0 Å². The molecule has 5 nitrogen and oxygen atoms in total. The van der Waals surface area contributed by atoms with Crippen molar-refractivity contribution in [2.75, 3.05) is 0 Å². The number of aromatic nitrogens is 4. The van der Waals surface area contributed by atoms with Crippen molar-refractivity contribution in [2.24, 2.45) is 0 Å². The molecule has 0 bridgehead atoms. The molecule has 0 aliphatic carbocycles. The highest BCUT2D eigenvalue weighted by atomic mass is 35.5. The van der Waals surface area contributed by atoms with E-state index in [0.29, 0.717) is 28.1 Å². The van der Waals surface area contributed by atoms with Crippen LogP contribution < -0.4 is 5.56 Å². The largest absolute Gasteiger partial charge is 0.285 e. The van der Waals surface area contributed by atoms with Crippen LogP contribution in [0.2, 0.25) is 5.02 Å². The van der Waals surface area contributed by atoms with Gasteiger partial charge >= 0.3 is 0 Å².